The monoisotopic (exact) mass is 842 g/mol. The van der Waals surface area contributed by atoms with Gasteiger partial charge in [0.25, 0.3) is 0 Å². The lowest BCUT2D eigenvalue weighted by molar-refractivity contribution is 0.794. The van der Waals surface area contributed by atoms with Gasteiger partial charge in [-0.15, -0.1) is 0 Å². The van der Waals surface area contributed by atoms with E-state index < -0.39 is 6.04 Å². The van der Waals surface area contributed by atoms with Crippen LogP contribution >= 0.6 is 0 Å². The van der Waals surface area contributed by atoms with Crippen LogP contribution in [0.2, 0.25) is 0 Å². The lowest BCUT2D eigenvalue weighted by atomic mass is 9.70. The first-order chi connectivity index (χ1) is 34.8. The van der Waals surface area contributed by atoms with Gasteiger partial charge in [-0.05, 0) is 148 Å². The van der Waals surface area contributed by atoms with Gasteiger partial charge in [0, 0.05) is 17.1 Å². The minimum Gasteiger partial charge on any atom is -0.310 e. The van der Waals surface area contributed by atoms with Crippen LogP contribution in [0.4, 0.5) is 17.1 Å². The van der Waals surface area contributed by atoms with E-state index in [1.807, 2.05) is 42.5 Å². The molecule has 11 aromatic carbocycles. The molecule has 1 nitrogen and oxygen atoms in total. The maximum absolute atomic E-state index is 8.58. The van der Waals surface area contributed by atoms with Gasteiger partial charge in [0.15, 0.2) is 0 Å². The number of hydrogen-bond acceptors (Lipinski definition) is 1. The highest BCUT2D eigenvalue weighted by molar-refractivity contribution is 5.97. The Morgan fingerprint density at radius 1 is 0.273 bits per heavy atom. The van der Waals surface area contributed by atoms with Crippen molar-refractivity contribution in [2.45, 2.75) is 5.41 Å². The molecule has 0 amide bonds. The molecule has 11 aromatic rings. The first-order valence-electron chi connectivity index (χ1n) is 25.0. The molecule has 13 rings (SSSR count). The normalized spacial score (nSPS) is 13.7. The molecule has 0 unspecified atom stereocenters. The minimum atomic E-state index is -0.402. The summed E-state index contributed by atoms with van der Waals surface area (Å²) in [5, 5.41) is 2.21. The smallest absolute Gasteiger partial charge is 0.0725 e. The Balaban J connectivity index is 0.837. The summed E-state index contributed by atoms with van der Waals surface area (Å²) >= 11 is 0. The molecule has 0 bridgehead atoms. The third kappa shape index (κ3) is 6.01. The summed E-state index contributed by atoms with van der Waals surface area (Å²) in [6.07, 6.45) is 0. The molecule has 0 radical (unpaired) electrons. The lowest BCUT2D eigenvalue weighted by Gasteiger charge is -2.30. The zero-order valence-corrected chi connectivity index (χ0v) is 35.9. The second-order valence-electron chi connectivity index (χ2n) is 17.3. The first-order valence-corrected chi connectivity index (χ1v) is 22.5. The summed E-state index contributed by atoms with van der Waals surface area (Å²) in [5.74, 6) is 0. The van der Waals surface area contributed by atoms with Crippen LogP contribution in [0.1, 0.15) is 29.1 Å². The van der Waals surface area contributed by atoms with E-state index in [2.05, 4.69) is 193 Å². The Labute approximate surface area is 393 Å². The Kier molecular flexibility index (Phi) is 7.68. The molecule has 0 fully saturated rings. The van der Waals surface area contributed by atoms with Gasteiger partial charge in [-0.25, -0.2) is 0 Å². The van der Waals surface area contributed by atoms with Crippen LogP contribution in [-0.2, 0) is 5.41 Å². The summed E-state index contributed by atoms with van der Waals surface area (Å²) in [6.45, 7) is 0. The SMILES string of the molecule is [2H]c1c([2H])c([2H])c(-c2ccc(N(c3ccc(-c4ccccc4)cc3)c3ccc4cc(-c5ccc(-c6ccc7c(c6)C6(c8ccccc8-c8ccccc86)c6ccccc6-7)cc5)ccc4c3)cc2)c([2H])c1[2H]. The van der Waals surface area contributed by atoms with E-state index in [0.29, 0.717) is 5.56 Å². The van der Waals surface area contributed by atoms with Crippen LogP contribution in [0.5, 0.6) is 0 Å². The van der Waals surface area contributed by atoms with Crippen molar-refractivity contribution in [2.75, 3.05) is 4.90 Å². The highest BCUT2D eigenvalue weighted by Crippen LogP contribution is 2.63. The van der Waals surface area contributed by atoms with Gasteiger partial charge in [0.1, 0.15) is 0 Å². The molecule has 1 heteroatoms. The summed E-state index contributed by atoms with van der Waals surface area (Å²) in [7, 11) is 0. The van der Waals surface area contributed by atoms with Crippen LogP contribution in [0.3, 0.4) is 0 Å². The summed E-state index contributed by atoms with van der Waals surface area (Å²) in [5.41, 5.74) is 20.6. The Bertz CT molecular complexity index is 3830. The average molecular weight is 843 g/mol. The molecule has 308 valence electrons. The number of fused-ring (bicyclic) bond motifs is 11. The standard InChI is InChI=1S/C65H43N/c1-3-13-44(14-4-1)46-29-35-54(36-30-46)66(55-37-31-47(32-38-55)45-15-5-2-6-16-45)56-39-33-51-41-50(27-28-52(51)42-56)48-23-25-49(26-24-48)53-34-40-60-59-19-9-12-22-63(59)65(64(60)43-53)61-20-10-7-17-57(61)58-18-8-11-21-62(58)65/h1-43H/i1D,3D,4D,13D,14D. The lowest BCUT2D eigenvalue weighted by Crippen LogP contribution is -2.25. The Hall–Kier alpha value is -8.52. The topological polar surface area (TPSA) is 3.24 Å². The fourth-order valence-corrected chi connectivity index (χ4v) is 10.7. The van der Waals surface area contributed by atoms with Crippen molar-refractivity contribution in [3.05, 3.63) is 283 Å². The molecule has 0 aliphatic heterocycles. The molecule has 0 saturated heterocycles. The summed E-state index contributed by atoms with van der Waals surface area (Å²) in [6, 6.07) is 80.8. The fourth-order valence-electron chi connectivity index (χ4n) is 10.7. The average Bonchev–Trinajstić information content (AvgIpc) is 3.90. The molecule has 0 N–H and O–H groups in total. The highest BCUT2D eigenvalue weighted by Gasteiger charge is 2.51. The van der Waals surface area contributed by atoms with Gasteiger partial charge in [0.2, 0.25) is 0 Å². The molecule has 0 saturated carbocycles. The molecular weight excluding hydrogens is 795 g/mol. The number of benzene rings is 11. The van der Waals surface area contributed by atoms with Gasteiger partial charge < -0.3 is 4.90 Å². The number of anilines is 3. The van der Waals surface area contributed by atoms with E-state index in [0.717, 1.165) is 50.1 Å². The zero-order valence-electron chi connectivity index (χ0n) is 40.9. The van der Waals surface area contributed by atoms with E-state index in [4.69, 9.17) is 6.85 Å². The molecular formula is C65H43N. The van der Waals surface area contributed by atoms with E-state index in [1.165, 1.54) is 55.6 Å². The third-order valence-electron chi connectivity index (χ3n) is 13.8. The molecule has 0 atom stereocenters. The van der Waals surface area contributed by atoms with Crippen molar-refractivity contribution in [3.8, 4) is 66.8 Å². The van der Waals surface area contributed by atoms with E-state index in [9.17, 15) is 0 Å². The van der Waals surface area contributed by atoms with Crippen molar-refractivity contribution in [3.63, 3.8) is 0 Å². The van der Waals surface area contributed by atoms with Crippen LogP contribution in [0.25, 0.3) is 77.5 Å². The molecule has 0 heterocycles. The van der Waals surface area contributed by atoms with Gasteiger partial charge in [-0.1, -0.05) is 212 Å². The summed E-state index contributed by atoms with van der Waals surface area (Å²) in [4.78, 5) is 2.19. The van der Waals surface area contributed by atoms with E-state index in [-0.39, 0.29) is 35.1 Å². The number of nitrogens with zero attached hydrogens (tertiary/aromatic N) is 1. The van der Waals surface area contributed by atoms with Crippen molar-refractivity contribution in [2.24, 2.45) is 0 Å². The zero-order chi connectivity index (χ0) is 48.0. The van der Waals surface area contributed by atoms with Crippen molar-refractivity contribution >= 4 is 27.8 Å². The second-order valence-corrected chi connectivity index (χ2v) is 17.3. The largest absolute Gasteiger partial charge is 0.310 e. The third-order valence-corrected chi connectivity index (χ3v) is 13.8. The fraction of sp³-hybridized carbons (Fsp3) is 0.0154. The number of rotatable bonds is 7. The molecule has 1 spiro atoms. The predicted molar refractivity (Wildman–Crippen MR) is 277 cm³/mol. The quantitative estimate of drug-likeness (QED) is 0.154. The Morgan fingerprint density at radius 3 is 1.26 bits per heavy atom. The predicted octanol–water partition coefficient (Wildman–Crippen LogP) is 17.3. The molecule has 2 aliphatic carbocycles. The maximum atomic E-state index is 8.58. The van der Waals surface area contributed by atoms with Crippen LogP contribution in [0, 0.1) is 0 Å². The van der Waals surface area contributed by atoms with E-state index >= 15 is 0 Å². The second kappa shape index (κ2) is 15.3. The van der Waals surface area contributed by atoms with Crippen molar-refractivity contribution in [1.82, 2.24) is 0 Å². The van der Waals surface area contributed by atoms with Crippen LogP contribution < -0.4 is 4.90 Å². The van der Waals surface area contributed by atoms with Crippen molar-refractivity contribution in [1.29, 1.82) is 0 Å². The van der Waals surface area contributed by atoms with Gasteiger partial charge >= 0.3 is 0 Å². The highest BCUT2D eigenvalue weighted by atomic mass is 15.1. The van der Waals surface area contributed by atoms with Crippen LogP contribution in [0.15, 0.2) is 261 Å². The molecule has 2 aliphatic rings. The summed E-state index contributed by atoms with van der Waals surface area (Å²) < 4.78 is 41.8. The van der Waals surface area contributed by atoms with Gasteiger partial charge in [0.05, 0.1) is 12.3 Å². The Morgan fingerprint density at radius 2 is 0.667 bits per heavy atom. The number of hydrogen-bond donors (Lipinski definition) is 0. The van der Waals surface area contributed by atoms with Crippen molar-refractivity contribution < 1.29 is 6.85 Å². The minimum absolute atomic E-state index is 0.183. The van der Waals surface area contributed by atoms with Gasteiger partial charge in [-0.2, -0.15) is 0 Å². The first kappa shape index (κ1) is 33.1. The van der Waals surface area contributed by atoms with Crippen LogP contribution in [-0.4, -0.2) is 0 Å². The maximum Gasteiger partial charge on any atom is 0.0725 e. The molecule has 0 aromatic heterocycles. The van der Waals surface area contributed by atoms with E-state index in [1.54, 1.807) is 0 Å². The molecule has 66 heavy (non-hydrogen) atoms. The van der Waals surface area contributed by atoms with Gasteiger partial charge in [-0.3, -0.25) is 0 Å².